The summed E-state index contributed by atoms with van der Waals surface area (Å²) in [4.78, 5) is 0. The van der Waals surface area contributed by atoms with Crippen molar-refractivity contribution in [1.82, 2.24) is 9.13 Å². The van der Waals surface area contributed by atoms with E-state index in [1.807, 2.05) is 0 Å². The first-order valence-electron chi connectivity index (χ1n) is 12.9. The second-order valence-corrected chi connectivity index (χ2v) is 9.82. The average Bonchev–Trinajstić information content (AvgIpc) is 3.45. The van der Waals surface area contributed by atoms with Gasteiger partial charge in [-0.2, -0.15) is 0 Å². The van der Waals surface area contributed by atoms with Gasteiger partial charge >= 0.3 is 0 Å². The highest BCUT2D eigenvalue weighted by Gasteiger charge is 2.15. The van der Waals surface area contributed by atoms with Crippen LogP contribution in [-0.4, -0.2) is 9.13 Å². The Hall–Kier alpha value is -4.30. The van der Waals surface area contributed by atoms with Crippen molar-refractivity contribution in [3.63, 3.8) is 0 Å². The zero-order valence-electron chi connectivity index (χ0n) is 20.6. The zero-order chi connectivity index (χ0) is 24.2. The molecule has 1 atom stereocenters. The molecule has 0 saturated carbocycles. The first-order chi connectivity index (χ1) is 17.7. The lowest BCUT2D eigenvalue weighted by atomic mass is 9.97. The second-order valence-electron chi connectivity index (χ2n) is 9.82. The van der Waals surface area contributed by atoms with Crippen LogP contribution in [0.3, 0.4) is 0 Å². The van der Waals surface area contributed by atoms with Crippen LogP contribution < -0.4 is 0 Å². The third-order valence-electron chi connectivity index (χ3n) is 7.82. The molecule has 0 N–H and O–H groups in total. The molecule has 2 aromatic heterocycles. The summed E-state index contributed by atoms with van der Waals surface area (Å²) >= 11 is 0. The normalized spacial score (nSPS) is 12.7. The van der Waals surface area contributed by atoms with E-state index in [1.54, 1.807) is 0 Å². The Morgan fingerprint density at radius 2 is 0.917 bits per heavy atom. The van der Waals surface area contributed by atoms with Crippen molar-refractivity contribution >= 4 is 43.6 Å². The van der Waals surface area contributed by atoms with Crippen molar-refractivity contribution in [2.24, 2.45) is 0 Å². The maximum absolute atomic E-state index is 2.40. The molecule has 7 aromatic rings. The molecule has 1 unspecified atom stereocenters. The molecule has 0 amide bonds. The summed E-state index contributed by atoms with van der Waals surface area (Å²) in [6.45, 7) is 4.57. The maximum atomic E-state index is 2.40. The lowest BCUT2D eigenvalue weighted by Crippen LogP contribution is -1.97. The SMILES string of the molecule is CCC(C)c1ccc2c(c1)c1ccccc1n2-c1ccc(-n2c3ccccc3c3ccccc32)cc1. The molecule has 7 rings (SSSR count). The van der Waals surface area contributed by atoms with E-state index < -0.39 is 0 Å². The Morgan fingerprint density at radius 3 is 1.39 bits per heavy atom. The van der Waals surface area contributed by atoms with Crippen molar-refractivity contribution in [3.8, 4) is 11.4 Å². The standard InChI is InChI=1S/C34H28N2/c1-3-23(2)24-16-21-34-30(22-24)29-12-6-9-15-33(29)36(34)26-19-17-25(18-20-26)35-31-13-7-4-10-27(31)28-11-5-8-14-32(28)35/h4-23H,3H2,1-2H3. The third kappa shape index (κ3) is 3.04. The summed E-state index contributed by atoms with van der Waals surface area (Å²) in [5.74, 6) is 0.557. The number of benzene rings is 5. The summed E-state index contributed by atoms with van der Waals surface area (Å²) in [7, 11) is 0. The molecule has 36 heavy (non-hydrogen) atoms. The Labute approximate surface area is 211 Å². The maximum Gasteiger partial charge on any atom is 0.0541 e. The molecular formula is C34H28N2. The number of hydrogen-bond acceptors (Lipinski definition) is 0. The van der Waals surface area contributed by atoms with E-state index in [0.717, 1.165) is 6.42 Å². The van der Waals surface area contributed by atoms with E-state index in [-0.39, 0.29) is 0 Å². The Kier molecular flexibility index (Phi) is 4.75. The van der Waals surface area contributed by atoms with E-state index in [2.05, 4.69) is 138 Å². The zero-order valence-corrected chi connectivity index (χ0v) is 20.6. The van der Waals surface area contributed by atoms with E-state index in [4.69, 9.17) is 0 Å². The largest absolute Gasteiger partial charge is 0.309 e. The number of rotatable bonds is 4. The lowest BCUT2D eigenvalue weighted by Gasteiger charge is -2.12. The molecule has 0 spiro atoms. The molecule has 0 aliphatic carbocycles. The molecule has 2 heteroatoms. The van der Waals surface area contributed by atoms with Crippen molar-refractivity contribution in [2.45, 2.75) is 26.2 Å². The summed E-state index contributed by atoms with van der Waals surface area (Å²) in [5, 5.41) is 5.22. The van der Waals surface area contributed by atoms with Crippen LogP contribution in [0.25, 0.3) is 55.0 Å². The first-order valence-corrected chi connectivity index (χ1v) is 12.9. The summed E-state index contributed by atoms with van der Waals surface area (Å²) in [6.07, 6.45) is 1.15. The predicted octanol–water partition coefficient (Wildman–Crippen LogP) is 9.39. The van der Waals surface area contributed by atoms with Gasteiger partial charge < -0.3 is 9.13 Å². The molecule has 0 radical (unpaired) electrons. The van der Waals surface area contributed by atoms with Crippen molar-refractivity contribution in [2.75, 3.05) is 0 Å². The monoisotopic (exact) mass is 464 g/mol. The topological polar surface area (TPSA) is 9.86 Å². The molecule has 0 fully saturated rings. The van der Waals surface area contributed by atoms with Gasteiger partial charge in [0.05, 0.1) is 22.1 Å². The van der Waals surface area contributed by atoms with Gasteiger partial charge in [-0.1, -0.05) is 74.5 Å². The molecule has 5 aromatic carbocycles. The number of para-hydroxylation sites is 3. The molecular weight excluding hydrogens is 436 g/mol. The van der Waals surface area contributed by atoms with Crippen LogP contribution in [0.1, 0.15) is 31.7 Å². The minimum Gasteiger partial charge on any atom is -0.309 e. The van der Waals surface area contributed by atoms with Gasteiger partial charge in [0.1, 0.15) is 0 Å². The fraction of sp³-hybridized carbons (Fsp3) is 0.118. The summed E-state index contributed by atoms with van der Waals surface area (Å²) < 4.78 is 4.78. The van der Waals surface area contributed by atoms with Crippen LogP contribution in [0.2, 0.25) is 0 Å². The predicted molar refractivity (Wildman–Crippen MR) is 154 cm³/mol. The number of aromatic nitrogens is 2. The van der Waals surface area contributed by atoms with Gasteiger partial charge in [-0.15, -0.1) is 0 Å². The Bertz CT molecular complexity index is 1830. The van der Waals surface area contributed by atoms with Crippen LogP contribution in [0.5, 0.6) is 0 Å². The van der Waals surface area contributed by atoms with Gasteiger partial charge in [-0.25, -0.2) is 0 Å². The third-order valence-corrected chi connectivity index (χ3v) is 7.82. The van der Waals surface area contributed by atoms with Crippen LogP contribution in [0.15, 0.2) is 115 Å². The molecule has 2 nitrogen and oxygen atoms in total. The van der Waals surface area contributed by atoms with Crippen LogP contribution in [0.4, 0.5) is 0 Å². The van der Waals surface area contributed by atoms with E-state index >= 15 is 0 Å². The summed E-state index contributed by atoms with van der Waals surface area (Å²) in [6, 6.07) is 42.1. The fourth-order valence-corrected chi connectivity index (χ4v) is 5.76. The van der Waals surface area contributed by atoms with E-state index in [0.29, 0.717) is 5.92 Å². The second kappa shape index (κ2) is 8.13. The minimum absolute atomic E-state index is 0.557. The van der Waals surface area contributed by atoms with Crippen LogP contribution >= 0.6 is 0 Å². The van der Waals surface area contributed by atoms with E-state index in [9.17, 15) is 0 Å². The highest BCUT2D eigenvalue weighted by atomic mass is 15.0. The van der Waals surface area contributed by atoms with Crippen LogP contribution in [-0.2, 0) is 0 Å². The summed E-state index contributed by atoms with van der Waals surface area (Å²) in [5.41, 5.74) is 8.75. The van der Waals surface area contributed by atoms with Crippen molar-refractivity contribution in [3.05, 3.63) is 121 Å². The molecule has 0 bridgehead atoms. The quantitative estimate of drug-likeness (QED) is 0.245. The molecule has 0 saturated heterocycles. The molecule has 0 aliphatic rings. The Morgan fingerprint density at radius 1 is 0.500 bits per heavy atom. The smallest absolute Gasteiger partial charge is 0.0541 e. The molecule has 0 aliphatic heterocycles. The molecule has 2 heterocycles. The van der Waals surface area contributed by atoms with Crippen molar-refractivity contribution < 1.29 is 0 Å². The number of fused-ring (bicyclic) bond motifs is 6. The minimum atomic E-state index is 0.557. The van der Waals surface area contributed by atoms with E-state index in [1.165, 1.54) is 60.5 Å². The van der Waals surface area contributed by atoms with Gasteiger partial charge in [0.2, 0.25) is 0 Å². The average molecular weight is 465 g/mol. The fourth-order valence-electron chi connectivity index (χ4n) is 5.76. The van der Waals surface area contributed by atoms with Gasteiger partial charge in [-0.3, -0.25) is 0 Å². The van der Waals surface area contributed by atoms with Gasteiger partial charge in [0.25, 0.3) is 0 Å². The number of nitrogens with zero attached hydrogens (tertiary/aromatic N) is 2. The lowest BCUT2D eigenvalue weighted by molar-refractivity contribution is 0.735. The highest BCUT2D eigenvalue weighted by molar-refractivity contribution is 6.10. The van der Waals surface area contributed by atoms with Gasteiger partial charge in [0.15, 0.2) is 0 Å². The highest BCUT2D eigenvalue weighted by Crippen LogP contribution is 2.36. The first kappa shape index (κ1) is 21.0. The van der Waals surface area contributed by atoms with Gasteiger partial charge in [0, 0.05) is 32.9 Å². The van der Waals surface area contributed by atoms with Crippen molar-refractivity contribution in [1.29, 1.82) is 0 Å². The van der Waals surface area contributed by atoms with Gasteiger partial charge in [-0.05, 0) is 72.5 Å². The Balaban J connectivity index is 1.42. The molecule has 174 valence electrons. The number of hydrogen-bond donors (Lipinski definition) is 0. The van der Waals surface area contributed by atoms with Crippen LogP contribution in [0, 0.1) is 0 Å².